The Bertz CT molecular complexity index is 442. The number of rotatable bonds is 24. The Kier molecular flexibility index (Phi) is 22.7. The highest BCUT2D eigenvalue weighted by Crippen LogP contribution is 2.15. The average molecular weight is 437 g/mol. The van der Waals surface area contributed by atoms with Crippen molar-refractivity contribution in [3.8, 4) is 0 Å². The maximum Gasteiger partial charge on any atom is 0.313 e. The molecule has 0 aliphatic carbocycles. The standard InChI is InChI=1S/C28H52O3/c1-4-5-6-7-8-9-10-11-12-13-14-15-16-17-18-19-20-21-22-23-27(29)24-28(30)31-25-26(2)3/h2,4-25H2,1,3H3. The lowest BCUT2D eigenvalue weighted by Gasteiger charge is -2.05. The minimum atomic E-state index is -0.425. The minimum Gasteiger partial charge on any atom is -0.461 e. The molecule has 3 heteroatoms. The Balaban J connectivity index is 3.20. The van der Waals surface area contributed by atoms with E-state index >= 15 is 0 Å². The second-order valence-electron chi connectivity index (χ2n) is 9.45. The fourth-order valence-corrected chi connectivity index (χ4v) is 3.90. The molecule has 0 aromatic carbocycles. The zero-order valence-corrected chi connectivity index (χ0v) is 21.0. The van der Waals surface area contributed by atoms with Gasteiger partial charge in [0.05, 0.1) is 0 Å². The fourth-order valence-electron chi connectivity index (χ4n) is 3.90. The van der Waals surface area contributed by atoms with Crippen molar-refractivity contribution in [1.29, 1.82) is 0 Å². The molecule has 0 spiro atoms. The predicted molar refractivity (Wildman–Crippen MR) is 133 cm³/mol. The van der Waals surface area contributed by atoms with Crippen LogP contribution in [0.2, 0.25) is 0 Å². The molecule has 0 saturated carbocycles. The molecule has 0 N–H and O–H groups in total. The van der Waals surface area contributed by atoms with Crippen molar-refractivity contribution in [3.05, 3.63) is 12.2 Å². The quantitative estimate of drug-likeness (QED) is 0.0656. The van der Waals surface area contributed by atoms with Crippen LogP contribution in [0.25, 0.3) is 0 Å². The highest BCUT2D eigenvalue weighted by molar-refractivity contribution is 5.95. The lowest BCUT2D eigenvalue weighted by molar-refractivity contribution is -0.145. The third-order valence-electron chi connectivity index (χ3n) is 5.88. The Hall–Kier alpha value is -1.12. The molecule has 0 unspecified atom stereocenters. The number of unbranched alkanes of at least 4 members (excludes halogenated alkanes) is 18. The lowest BCUT2D eigenvalue weighted by atomic mass is 10.0. The van der Waals surface area contributed by atoms with E-state index in [0.717, 1.165) is 18.4 Å². The molecule has 182 valence electrons. The van der Waals surface area contributed by atoms with Gasteiger partial charge in [0.15, 0.2) is 0 Å². The molecule has 0 fully saturated rings. The van der Waals surface area contributed by atoms with Crippen LogP contribution >= 0.6 is 0 Å². The number of ether oxygens (including phenoxy) is 1. The SMILES string of the molecule is C=C(C)COC(=O)CC(=O)CCCCCCCCCCCCCCCCCCCCC. The van der Waals surface area contributed by atoms with Crippen LogP contribution in [0.1, 0.15) is 149 Å². The van der Waals surface area contributed by atoms with Gasteiger partial charge in [-0.1, -0.05) is 129 Å². The molecule has 0 aliphatic heterocycles. The summed E-state index contributed by atoms with van der Waals surface area (Å²) in [7, 11) is 0. The third-order valence-corrected chi connectivity index (χ3v) is 5.88. The van der Waals surface area contributed by atoms with E-state index in [1.165, 1.54) is 109 Å². The first-order valence-corrected chi connectivity index (χ1v) is 13.4. The van der Waals surface area contributed by atoms with Crippen molar-refractivity contribution < 1.29 is 14.3 Å². The summed E-state index contributed by atoms with van der Waals surface area (Å²) in [6, 6.07) is 0. The highest BCUT2D eigenvalue weighted by Gasteiger charge is 2.10. The van der Waals surface area contributed by atoms with E-state index in [9.17, 15) is 9.59 Å². The molecule has 0 aromatic heterocycles. The maximum atomic E-state index is 11.8. The van der Waals surface area contributed by atoms with Gasteiger partial charge in [-0.05, 0) is 18.9 Å². The van der Waals surface area contributed by atoms with E-state index in [4.69, 9.17) is 4.74 Å². The van der Waals surface area contributed by atoms with E-state index < -0.39 is 5.97 Å². The van der Waals surface area contributed by atoms with E-state index in [2.05, 4.69) is 13.5 Å². The van der Waals surface area contributed by atoms with Crippen molar-refractivity contribution in [2.45, 2.75) is 149 Å². The summed E-state index contributed by atoms with van der Waals surface area (Å²) in [6.07, 6.45) is 26.0. The Morgan fingerprint density at radius 1 is 0.613 bits per heavy atom. The third kappa shape index (κ3) is 25.0. The van der Waals surface area contributed by atoms with Gasteiger partial charge in [0, 0.05) is 6.42 Å². The number of hydrogen-bond acceptors (Lipinski definition) is 3. The number of carbonyl (C=O) groups excluding carboxylic acids is 2. The summed E-state index contributed by atoms with van der Waals surface area (Å²) in [5, 5.41) is 0. The van der Waals surface area contributed by atoms with Gasteiger partial charge < -0.3 is 4.74 Å². The van der Waals surface area contributed by atoms with Gasteiger partial charge in [-0.2, -0.15) is 0 Å². The van der Waals surface area contributed by atoms with Crippen molar-refractivity contribution in [3.63, 3.8) is 0 Å². The molecule has 31 heavy (non-hydrogen) atoms. The molecule has 0 atom stereocenters. The lowest BCUT2D eigenvalue weighted by Crippen LogP contribution is -2.12. The predicted octanol–water partition coefficient (Wildman–Crippen LogP) is 8.89. The number of carbonyl (C=O) groups is 2. The first-order valence-electron chi connectivity index (χ1n) is 13.4. The summed E-state index contributed by atoms with van der Waals surface area (Å²) in [5.74, 6) is -0.426. The van der Waals surface area contributed by atoms with E-state index in [1.54, 1.807) is 6.92 Å². The molecule has 0 aliphatic rings. The number of hydrogen-bond donors (Lipinski definition) is 0. The number of Topliss-reactive ketones (excluding diaryl/α,β-unsaturated/α-hetero) is 1. The largest absolute Gasteiger partial charge is 0.461 e. The Morgan fingerprint density at radius 2 is 0.968 bits per heavy atom. The van der Waals surface area contributed by atoms with E-state index in [1.807, 2.05) is 0 Å². The van der Waals surface area contributed by atoms with Gasteiger partial charge in [-0.25, -0.2) is 0 Å². The van der Waals surface area contributed by atoms with E-state index in [0.29, 0.717) is 6.42 Å². The molecular formula is C28H52O3. The van der Waals surface area contributed by atoms with Crippen molar-refractivity contribution in [2.75, 3.05) is 6.61 Å². The summed E-state index contributed by atoms with van der Waals surface area (Å²) in [5.41, 5.74) is 0.791. The second kappa shape index (κ2) is 23.5. The summed E-state index contributed by atoms with van der Waals surface area (Å²) < 4.78 is 4.96. The van der Waals surface area contributed by atoms with Crippen LogP contribution in [0.5, 0.6) is 0 Å². The molecule has 0 bridgehead atoms. The molecule has 0 amide bonds. The normalized spacial score (nSPS) is 10.9. The molecule has 0 aromatic rings. The van der Waals surface area contributed by atoms with Gasteiger partial charge in [0.1, 0.15) is 18.8 Å². The van der Waals surface area contributed by atoms with Gasteiger partial charge in [0.25, 0.3) is 0 Å². The monoisotopic (exact) mass is 436 g/mol. The molecule has 3 nitrogen and oxygen atoms in total. The van der Waals surface area contributed by atoms with Crippen molar-refractivity contribution in [2.24, 2.45) is 0 Å². The fraction of sp³-hybridized carbons (Fsp3) is 0.857. The van der Waals surface area contributed by atoms with Crippen LogP contribution in [0.3, 0.4) is 0 Å². The Morgan fingerprint density at radius 3 is 1.32 bits per heavy atom. The zero-order chi connectivity index (χ0) is 23.0. The van der Waals surface area contributed by atoms with Crippen LogP contribution in [-0.4, -0.2) is 18.4 Å². The molecule has 0 rings (SSSR count). The number of esters is 1. The van der Waals surface area contributed by atoms with Crippen LogP contribution in [0.4, 0.5) is 0 Å². The van der Waals surface area contributed by atoms with Gasteiger partial charge in [-0.15, -0.1) is 0 Å². The van der Waals surface area contributed by atoms with Gasteiger partial charge in [-0.3, -0.25) is 9.59 Å². The maximum absolute atomic E-state index is 11.8. The van der Waals surface area contributed by atoms with Crippen LogP contribution in [0.15, 0.2) is 12.2 Å². The summed E-state index contributed by atoms with van der Waals surface area (Å²) in [4.78, 5) is 23.2. The van der Waals surface area contributed by atoms with Crippen molar-refractivity contribution in [1.82, 2.24) is 0 Å². The van der Waals surface area contributed by atoms with Crippen molar-refractivity contribution >= 4 is 11.8 Å². The molecular weight excluding hydrogens is 384 g/mol. The van der Waals surface area contributed by atoms with Gasteiger partial charge in [0.2, 0.25) is 0 Å². The second-order valence-corrected chi connectivity index (χ2v) is 9.45. The zero-order valence-electron chi connectivity index (χ0n) is 21.0. The smallest absolute Gasteiger partial charge is 0.313 e. The van der Waals surface area contributed by atoms with Crippen LogP contribution in [-0.2, 0) is 14.3 Å². The van der Waals surface area contributed by atoms with Gasteiger partial charge >= 0.3 is 5.97 Å². The summed E-state index contributed by atoms with van der Waals surface area (Å²) >= 11 is 0. The molecule has 0 heterocycles. The first-order chi connectivity index (χ1) is 15.1. The first kappa shape index (κ1) is 29.9. The summed E-state index contributed by atoms with van der Waals surface area (Å²) in [6.45, 7) is 7.97. The average Bonchev–Trinajstić information content (AvgIpc) is 2.74. The van der Waals surface area contributed by atoms with E-state index in [-0.39, 0.29) is 18.8 Å². The molecule has 0 saturated heterocycles. The highest BCUT2D eigenvalue weighted by atomic mass is 16.5. The van der Waals surface area contributed by atoms with Crippen LogP contribution < -0.4 is 0 Å². The molecule has 0 radical (unpaired) electrons. The number of ketones is 1. The topological polar surface area (TPSA) is 43.4 Å². The van der Waals surface area contributed by atoms with Crippen LogP contribution in [0, 0.1) is 0 Å². The Labute approximate surface area is 193 Å². The minimum absolute atomic E-state index is 0.00121.